The van der Waals surface area contributed by atoms with E-state index in [1.165, 1.54) is 6.39 Å². The summed E-state index contributed by atoms with van der Waals surface area (Å²) in [6.07, 6.45) is 2.17. The molecule has 0 unspecified atom stereocenters. The van der Waals surface area contributed by atoms with Crippen LogP contribution in [0.15, 0.2) is 53.3 Å². The maximum atomic E-state index is 11.9. The summed E-state index contributed by atoms with van der Waals surface area (Å²) in [5.41, 5.74) is 3.31. The van der Waals surface area contributed by atoms with Gasteiger partial charge in [0.2, 0.25) is 0 Å². The number of hydrogen-bond donors (Lipinski definition) is 1. The quantitative estimate of drug-likeness (QED) is 0.803. The maximum Gasteiger partial charge on any atom is 0.251 e. The third kappa shape index (κ3) is 3.23. The Balaban J connectivity index is 1.57. The van der Waals surface area contributed by atoms with Crippen molar-refractivity contribution in [1.82, 2.24) is 10.3 Å². The molecule has 2 aromatic carbocycles. The van der Waals surface area contributed by atoms with E-state index in [2.05, 4.69) is 10.3 Å². The number of halogens is 1. The number of nitrogens with zero attached hydrogens (tertiary/aromatic N) is 1. The van der Waals surface area contributed by atoms with Crippen LogP contribution in [0.1, 0.15) is 15.9 Å². The first kappa shape index (κ1) is 13.6. The highest BCUT2D eigenvalue weighted by atomic mass is 35.5. The second kappa shape index (κ2) is 5.97. The van der Waals surface area contributed by atoms with Crippen LogP contribution in [0.2, 0.25) is 5.02 Å². The maximum absolute atomic E-state index is 11.9. The Morgan fingerprint density at radius 3 is 2.81 bits per heavy atom. The van der Waals surface area contributed by atoms with E-state index in [0.29, 0.717) is 17.1 Å². The molecule has 0 aliphatic carbocycles. The van der Waals surface area contributed by atoms with Gasteiger partial charge in [-0.3, -0.25) is 4.79 Å². The third-order valence-corrected chi connectivity index (χ3v) is 3.45. The molecule has 0 fully saturated rings. The van der Waals surface area contributed by atoms with Gasteiger partial charge in [0.25, 0.3) is 5.91 Å². The minimum absolute atomic E-state index is 0.103. The zero-order chi connectivity index (χ0) is 14.7. The van der Waals surface area contributed by atoms with Crippen LogP contribution in [0.3, 0.4) is 0 Å². The zero-order valence-corrected chi connectivity index (χ0v) is 11.9. The molecule has 3 aromatic rings. The fourth-order valence-corrected chi connectivity index (χ4v) is 2.21. The molecule has 0 radical (unpaired) electrons. The molecule has 3 rings (SSSR count). The topological polar surface area (TPSA) is 55.1 Å². The van der Waals surface area contributed by atoms with Crippen molar-refractivity contribution in [2.45, 2.75) is 6.42 Å². The number of carbonyl (C=O) groups is 1. The molecule has 1 aromatic heterocycles. The first-order chi connectivity index (χ1) is 10.2. The molecule has 1 heterocycles. The van der Waals surface area contributed by atoms with Crippen molar-refractivity contribution in [2.75, 3.05) is 6.54 Å². The zero-order valence-electron chi connectivity index (χ0n) is 11.2. The molecule has 5 heteroatoms. The SMILES string of the molecule is O=C(NCCc1ccc2ocnc2c1)c1ccc(Cl)cc1. The average Bonchev–Trinajstić information content (AvgIpc) is 2.95. The molecule has 0 bridgehead atoms. The van der Waals surface area contributed by atoms with Gasteiger partial charge in [-0.05, 0) is 48.4 Å². The Kier molecular flexibility index (Phi) is 3.88. The van der Waals surface area contributed by atoms with Crippen molar-refractivity contribution in [1.29, 1.82) is 0 Å². The van der Waals surface area contributed by atoms with Gasteiger partial charge in [-0.25, -0.2) is 4.98 Å². The molecule has 1 N–H and O–H groups in total. The van der Waals surface area contributed by atoms with Gasteiger partial charge in [0.05, 0.1) is 0 Å². The van der Waals surface area contributed by atoms with Crippen LogP contribution < -0.4 is 5.32 Å². The Hall–Kier alpha value is -2.33. The number of aromatic nitrogens is 1. The van der Waals surface area contributed by atoms with E-state index >= 15 is 0 Å². The summed E-state index contributed by atoms with van der Waals surface area (Å²) < 4.78 is 5.19. The van der Waals surface area contributed by atoms with Gasteiger partial charge >= 0.3 is 0 Å². The van der Waals surface area contributed by atoms with Gasteiger partial charge < -0.3 is 9.73 Å². The Morgan fingerprint density at radius 1 is 1.19 bits per heavy atom. The number of oxazole rings is 1. The smallest absolute Gasteiger partial charge is 0.251 e. The van der Waals surface area contributed by atoms with Crippen LogP contribution in [0, 0.1) is 0 Å². The molecule has 0 saturated carbocycles. The number of carbonyl (C=O) groups excluding carboxylic acids is 1. The molecule has 1 amide bonds. The average molecular weight is 301 g/mol. The predicted molar refractivity (Wildman–Crippen MR) is 81.5 cm³/mol. The number of fused-ring (bicyclic) bond motifs is 1. The lowest BCUT2D eigenvalue weighted by Crippen LogP contribution is -2.25. The summed E-state index contributed by atoms with van der Waals surface area (Å²) in [6.45, 7) is 0.560. The van der Waals surface area contributed by atoms with Crippen LogP contribution in [-0.4, -0.2) is 17.4 Å². The van der Waals surface area contributed by atoms with E-state index < -0.39 is 0 Å². The molecular weight excluding hydrogens is 288 g/mol. The Morgan fingerprint density at radius 2 is 2.00 bits per heavy atom. The van der Waals surface area contributed by atoms with Gasteiger partial charge in [0.15, 0.2) is 12.0 Å². The van der Waals surface area contributed by atoms with Gasteiger partial charge in [0, 0.05) is 17.1 Å². The van der Waals surface area contributed by atoms with E-state index in [0.717, 1.165) is 23.1 Å². The first-order valence-corrected chi connectivity index (χ1v) is 6.96. The lowest BCUT2D eigenvalue weighted by atomic mass is 10.1. The van der Waals surface area contributed by atoms with Crippen LogP contribution in [0.25, 0.3) is 11.1 Å². The number of benzene rings is 2. The number of nitrogens with one attached hydrogen (secondary N) is 1. The largest absolute Gasteiger partial charge is 0.443 e. The van der Waals surface area contributed by atoms with Crippen molar-refractivity contribution in [3.05, 3.63) is 65.0 Å². The third-order valence-electron chi connectivity index (χ3n) is 3.20. The van der Waals surface area contributed by atoms with Gasteiger partial charge in [-0.15, -0.1) is 0 Å². The van der Waals surface area contributed by atoms with E-state index in [9.17, 15) is 4.79 Å². The van der Waals surface area contributed by atoms with Gasteiger partial charge in [0.1, 0.15) is 5.52 Å². The minimum Gasteiger partial charge on any atom is -0.443 e. The lowest BCUT2D eigenvalue weighted by molar-refractivity contribution is 0.0954. The highest BCUT2D eigenvalue weighted by molar-refractivity contribution is 6.30. The van der Waals surface area contributed by atoms with E-state index in [-0.39, 0.29) is 5.91 Å². The molecule has 106 valence electrons. The second-order valence-corrected chi connectivity index (χ2v) is 5.10. The van der Waals surface area contributed by atoms with Crippen molar-refractivity contribution in [2.24, 2.45) is 0 Å². The molecule has 0 spiro atoms. The van der Waals surface area contributed by atoms with Crippen LogP contribution >= 0.6 is 11.6 Å². The van der Waals surface area contributed by atoms with E-state index in [1.54, 1.807) is 24.3 Å². The second-order valence-electron chi connectivity index (χ2n) is 4.67. The summed E-state index contributed by atoms with van der Waals surface area (Å²) in [6, 6.07) is 12.6. The number of rotatable bonds is 4. The standard InChI is InChI=1S/C16H13ClN2O2/c17-13-4-2-12(3-5-13)16(20)18-8-7-11-1-6-15-14(9-11)19-10-21-15/h1-6,9-10H,7-8H2,(H,18,20). The normalized spacial score (nSPS) is 10.7. The summed E-state index contributed by atoms with van der Waals surface area (Å²) in [5, 5.41) is 3.50. The van der Waals surface area contributed by atoms with Crippen LogP contribution in [0.5, 0.6) is 0 Å². The monoisotopic (exact) mass is 300 g/mol. The number of amides is 1. The van der Waals surface area contributed by atoms with Crippen LogP contribution in [0.4, 0.5) is 0 Å². The molecule has 21 heavy (non-hydrogen) atoms. The fraction of sp³-hybridized carbons (Fsp3) is 0.125. The van der Waals surface area contributed by atoms with Crippen molar-refractivity contribution in [3.8, 4) is 0 Å². The van der Waals surface area contributed by atoms with Crippen molar-refractivity contribution in [3.63, 3.8) is 0 Å². The fourth-order valence-electron chi connectivity index (χ4n) is 2.08. The van der Waals surface area contributed by atoms with E-state index in [1.807, 2.05) is 18.2 Å². The highest BCUT2D eigenvalue weighted by Gasteiger charge is 2.05. The molecule has 4 nitrogen and oxygen atoms in total. The first-order valence-electron chi connectivity index (χ1n) is 6.58. The molecule has 0 aliphatic heterocycles. The van der Waals surface area contributed by atoms with Crippen LogP contribution in [-0.2, 0) is 6.42 Å². The van der Waals surface area contributed by atoms with Gasteiger partial charge in [-0.2, -0.15) is 0 Å². The highest BCUT2D eigenvalue weighted by Crippen LogP contribution is 2.14. The molecule has 0 atom stereocenters. The number of hydrogen-bond acceptors (Lipinski definition) is 3. The molecular formula is C16H13ClN2O2. The Labute approximate surface area is 126 Å². The minimum atomic E-state index is -0.103. The lowest BCUT2D eigenvalue weighted by Gasteiger charge is -2.05. The summed E-state index contributed by atoms with van der Waals surface area (Å²) >= 11 is 5.79. The van der Waals surface area contributed by atoms with E-state index in [4.69, 9.17) is 16.0 Å². The Bertz CT molecular complexity index is 765. The van der Waals surface area contributed by atoms with Crippen molar-refractivity contribution < 1.29 is 9.21 Å². The van der Waals surface area contributed by atoms with Crippen molar-refractivity contribution >= 4 is 28.6 Å². The molecule has 0 saturated heterocycles. The van der Waals surface area contributed by atoms with Gasteiger partial charge in [-0.1, -0.05) is 17.7 Å². The summed E-state index contributed by atoms with van der Waals surface area (Å²) in [4.78, 5) is 16.0. The summed E-state index contributed by atoms with van der Waals surface area (Å²) in [5.74, 6) is -0.103. The predicted octanol–water partition coefficient (Wildman–Crippen LogP) is 3.45. The molecule has 0 aliphatic rings. The summed E-state index contributed by atoms with van der Waals surface area (Å²) in [7, 11) is 0.